The molecule has 0 aliphatic rings. The highest BCUT2D eigenvalue weighted by Crippen LogP contribution is 2.38. The molecule has 0 N–H and O–H groups in total. The number of fused-ring (bicyclic) bond motifs is 9. The molecule has 0 radical (unpaired) electrons. The van der Waals surface area contributed by atoms with Crippen molar-refractivity contribution in [3.05, 3.63) is 145 Å². The third-order valence-corrected chi connectivity index (χ3v) is 7.99. The maximum absolute atomic E-state index is 7.46. The number of hydrogen-bond donors (Lipinski definition) is 0. The summed E-state index contributed by atoms with van der Waals surface area (Å²) in [5.74, 6) is 0. The maximum Gasteiger partial charge on any atom is 0.188 e. The van der Waals surface area contributed by atoms with Gasteiger partial charge < -0.3 is 4.57 Å². The minimum Gasteiger partial charge on any atom is -0.309 e. The number of benzene rings is 7. The highest BCUT2D eigenvalue weighted by atomic mass is 15.0. The zero-order chi connectivity index (χ0) is 25.9. The molecule has 0 bridgehead atoms. The summed E-state index contributed by atoms with van der Waals surface area (Å²) in [6, 6.07) is 47.5. The first-order valence-electron chi connectivity index (χ1n) is 13.1. The predicted molar refractivity (Wildman–Crippen MR) is 165 cm³/mol. The lowest BCUT2D eigenvalue weighted by Crippen LogP contribution is -1.93. The molecule has 0 saturated heterocycles. The lowest BCUT2D eigenvalue weighted by molar-refractivity contribution is 1.18. The summed E-state index contributed by atoms with van der Waals surface area (Å²) in [5, 5.41) is 10.0. The van der Waals surface area contributed by atoms with Crippen LogP contribution in [0.1, 0.15) is 0 Å². The quantitative estimate of drug-likeness (QED) is 0.167. The van der Waals surface area contributed by atoms with Gasteiger partial charge in [-0.1, -0.05) is 97.1 Å². The van der Waals surface area contributed by atoms with Crippen molar-refractivity contribution < 1.29 is 0 Å². The maximum atomic E-state index is 7.46. The average Bonchev–Trinajstić information content (AvgIpc) is 3.34. The van der Waals surface area contributed by atoms with Gasteiger partial charge in [-0.05, 0) is 85.2 Å². The number of aromatic nitrogens is 1. The largest absolute Gasteiger partial charge is 0.309 e. The fraction of sp³-hybridized carbons (Fsp3) is 0. The fourth-order valence-electron chi connectivity index (χ4n) is 6.20. The van der Waals surface area contributed by atoms with E-state index in [1.807, 2.05) is 12.1 Å². The molecule has 180 valence electrons. The lowest BCUT2D eigenvalue weighted by atomic mass is 9.92. The summed E-state index contributed by atoms with van der Waals surface area (Å²) in [6.07, 6.45) is 0. The standard InChI is InChI=1S/C37H22N2/c1-38-26-17-21-37-35(23-26)33-12-6-7-13-36(33)39(37)27-18-14-24(15-19-27)25-16-20-32-30-10-3-2-8-28(30)29-9-4-5-11-31(29)34(32)22-25/h2-23H. The molecule has 0 atom stereocenters. The Hall–Kier alpha value is -5.39. The third kappa shape index (κ3) is 3.21. The second-order valence-electron chi connectivity index (χ2n) is 10.1. The van der Waals surface area contributed by atoms with Gasteiger partial charge in [0.1, 0.15) is 0 Å². The Bertz CT molecular complexity index is 2240. The van der Waals surface area contributed by atoms with Crippen molar-refractivity contribution in [3.63, 3.8) is 0 Å². The second-order valence-corrected chi connectivity index (χ2v) is 10.1. The first kappa shape index (κ1) is 21.7. The predicted octanol–water partition coefficient (Wildman–Crippen LogP) is 10.5. The number of hydrogen-bond acceptors (Lipinski definition) is 0. The zero-order valence-electron chi connectivity index (χ0n) is 21.1. The summed E-state index contributed by atoms with van der Waals surface area (Å²) in [7, 11) is 0. The normalized spacial score (nSPS) is 11.6. The van der Waals surface area contributed by atoms with E-state index in [2.05, 4.69) is 131 Å². The zero-order valence-corrected chi connectivity index (χ0v) is 21.1. The van der Waals surface area contributed by atoms with Crippen LogP contribution in [0.2, 0.25) is 0 Å². The first-order valence-corrected chi connectivity index (χ1v) is 13.1. The van der Waals surface area contributed by atoms with Crippen LogP contribution < -0.4 is 0 Å². The summed E-state index contributed by atoms with van der Waals surface area (Å²) in [5.41, 5.74) is 6.43. The SMILES string of the molecule is [C-]#[N+]c1ccc2c(c1)c1ccccc1n2-c1ccc(-c2ccc3c4ccccc4c4ccccc4c3c2)cc1. The van der Waals surface area contributed by atoms with Crippen LogP contribution in [-0.4, -0.2) is 4.57 Å². The molecular weight excluding hydrogens is 472 g/mol. The van der Waals surface area contributed by atoms with E-state index in [9.17, 15) is 0 Å². The summed E-state index contributed by atoms with van der Waals surface area (Å²) in [4.78, 5) is 3.65. The fourth-order valence-corrected chi connectivity index (χ4v) is 6.20. The van der Waals surface area contributed by atoms with Gasteiger partial charge in [-0.3, -0.25) is 0 Å². The van der Waals surface area contributed by atoms with Gasteiger partial charge >= 0.3 is 0 Å². The van der Waals surface area contributed by atoms with Gasteiger partial charge in [0.2, 0.25) is 0 Å². The highest BCUT2D eigenvalue weighted by molar-refractivity contribution is 6.25. The number of para-hydroxylation sites is 1. The molecule has 8 aromatic rings. The van der Waals surface area contributed by atoms with Crippen molar-refractivity contribution in [2.24, 2.45) is 0 Å². The van der Waals surface area contributed by atoms with E-state index in [-0.39, 0.29) is 0 Å². The van der Waals surface area contributed by atoms with Crippen LogP contribution in [0.25, 0.3) is 75.8 Å². The number of rotatable bonds is 2. The molecule has 0 amide bonds. The van der Waals surface area contributed by atoms with E-state index in [0.29, 0.717) is 5.69 Å². The average molecular weight is 495 g/mol. The first-order chi connectivity index (χ1) is 19.3. The van der Waals surface area contributed by atoms with Crippen LogP contribution in [0.15, 0.2) is 133 Å². The van der Waals surface area contributed by atoms with Crippen LogP contribution in [0.3, 0.4) is 0 Å². The van der Waals surface area contributed by atoms with Crippen LogP contribution in [0.4, 0.5) is 5.69 Å². The van der Waals surface area contributed by atoms with Gasteiger partial charge in [0.25, 0.3) is 0 Å². The van der Waals surface area contributed by atoms with Crippen molar-refractivity contribution in [2.75, 3.05) is 0 Å². The Labute approximate surface area is 225 Å². The van der Waals surface area contributed by atoms with Crippen LogP contribution >= 0.6 is 0 Å². The molecule has 1 aromatic heterocycles. The lowest BCUT2D eigenvalue weighted by Gasteiger charge is -2.13. The molecule has 8 rings (SSSR count). The summed E-state index contributed by atoms with van der Waals surface area (Å²) in [6.45, 7) is 7.46. The van der Waals surface area contributed by atoms with Crippen LogP contribution in [-0.2, 0) is 0 Å². The molecule has 0 unspecified atom stereocenters. The molecule has 0 fully saturated rings. The Morgan fingerprint density at radius 1 is 0.410 bits per heavy atom. The van der Waals surface area contributed by atoms with E-state index in [1.165, 1.54) is 43.4 Å². The summed E-state index contributed by atoms with van der Waals surface area (Å²) < 4.78 is 2.29. The highest BCUT2D eigenvalue weighted by Gasteiger charge is 2.13. The molecule has 2 nitrogen and oxygen atoms in total. The van der Waals surface area contributed by atoms with Crippen molar-refractivity contribution in [1.82, 2.24) is 4.57 Å². The van der Waals surface area contributed by atoms with Gasteiger partial charge in [-0.15, -0.1) is 0 Å². The van der Waals surface area contributed by atoms with E-state index in [1.54, 1.807) is 0 Å². The molecule has 39 heavy (non-hydrogen) atoms. The smallest absolute Gasteiger partial charge is 0.188 e. The minimum atomic E-state index is 0.664. The molecule has 7 aromatic carbocycles. The molecule has 0 spiro atoms. The van der Waals surface area contributed by atoms with Crippen molar-refractivity contribution >= 4 is 59.8 Å². The molecule has 0 aliphatic carbocycles. The Morgan fingerprint density at radius 2 is 0.949 bits per heavy atom. The van der Waals surface area contributed by atoms with Gasteiger partial charge in [0.05, 0.1) is 17.6 Å². The van der Waals surface area contributed by atoms with Gasteiger partial charge in [-0.25, -0.2) is 4.85 Å². The minimum absolute atomic E-state index is 0.664. The van der Waals surface area contributed by atoms with Crippen molar-refractivity contribution in [3.8, 4) is 16.8 Å². The number of nitrogens with zero attached hydrogens (tertiary/aromatic N) is 2. The van der Waals surface area contributed by atoms with E-state index < -0.39 is 0 Å². The van der Waals surface area contributed by atoms with Crippen molar-refractivity contribution in [2.45, 2.75) is 0 Å². The third-order valence-electron chi connectivity index (χ3n) is 7.99. The second kappa shape index (κ2) is 8.31. The van der Waals surface area contributed by atoms with Crippen LogP contribution in [0, 0.1) is 6.57 Å². The van der Waals surface area contributed by atoms with Gasteiger partial charge in [-0.2, -0.15) is 0 Å². The van der Waals surface area contributed by atoms with Gasteiger partial charge in [0.15, 0.2) is 5.69 Å². The Balaban J connectivity index is 1.30. The monoisotopic (exact) mass is 494 g/mol. The molecule has 2 heteroatoms. The van der Waals surface area contributed by atoms with E-state index in [0.717, 1.165) is 27.5 Å². The molecule has 1 heterocycles. The van der Waals surface area contributed by atoms with Crippen molar-refractivity contribution in [1.29, 1.82) is 0 Å². The summed E-state index contributed by atoms with van der Waals surface area (Å²) >= 11 is 0. The molecule has 0 aliphatic heterocycles. The Morgan fingerprint density at radius 3 is 1.62 bits per heavy atom. The topological polar surface area (TPSA) is 9.29 Å². The van der Waals surface area contributed by atoms with Crippen LogP contribution in [0.5, 0.6) is 0 Å². The molecular formula is C37H22N2. The van der Waals surface area contributed by atoms with E-state index in [4.69, 9.17) is 6.57 Å². The van der Waals surface area contributed by atoms with Gasteiger partial charge in [0, 0.05) is 11.1 Å². The van der Waals surface area contributed by atoms with E-state index >= 15 is 0 Å². The molecule has 0 saturated carbocycles. The Kier molecular flexibility index (Phi) is 4.62.